The Morgan fingerprint density at radius 3 is 2.53 bits per heavy atom. The highest BCUT2D eigenvalue weighted by Crippen LogP contribution is 2.41. The highest BCUT2D eigenvalue weighted by atomic mass is 32.2. The summed E-state index contributed by atoms with van der Waals surface area (Å²) in [5.41, 5.74) is 10.1. The van der Waals surface area contributed by atoms with Gasteiger partial charge in [-0.1, -0.05) is 12.1 Å². The number of likely N-dealkylation sites (tertiary alicyclic amines) is 1. The van der Waals surface area contributed by atoms with Gasteiger partial charge in [0.2, 0.25) is 4.99 Å². The van der Waals surface area contributed by atoms with E-state index in [2.05, 4.69) is 11.6 Å². The van der Waals surface area contributed by atoms with Crippen molar-refractivity contribution in [1.82, 2.24) is 15.3 Å². The predicted molar refractivity (Wildman–Crippen MR) is 119 cm³/mol. The standard InChI is InChI=1S/C21H28N4O6S/c1-29-16-4-2-3-15(13-16)17-14-20(31-23-17)5-7-24(8-6-20)21(18(22)26,32-19(27)28)25-9-11-30-12-10-25/h2-4,13-14,23H,5-12H2,1H3,(H2,22,26)(H,27,28). The molecular weight excluding hydrogens is 436 g/mol. The maximum Gasteiger partial charge on any atom is 0.368 e. The van der Waals surface area contributed by atoms with Gasteiger partial charge in [-0.2, -0.15) is 0 Å². The van der Waals surface area contributed by atoms with Crippen LogP contribution < -0.4 is 16.0 Å². The van der Waals surface area contributed by atoms with Crippen molar-refractivity contribution < 1.29 is 29.0 Å². The lowest BCUT2D eigenvalue weighted by Crippen LogP contribution is -2.69. The summed E-state index contributed by atoms with van der Waals surface area (Å²) < 4.78 is 10.7. The van der Waals surface area contributed by atoms with Gasteiger partial charge in [-0.25, -0.2) is 4.79 Å². The van der Waals surface area contributed by atoms with Crippen molar-refractivity contribution >= 4 is 28.7 Å². The minimum atomic E-state index is -1.47. The molecule has 4 N–H and O–H groups in total. The number of nitrogens with zero attached hydrogens (tertiary/aromatic N) is 2. The largest absolute Gasteiger partial charge is 0.497 e. The molecule has 1 spiro atoms. The zero-order chi connectivity index (χ0) is 22.8. The van der Waals surface area contributed by atoms with E-state index in [0.717, 1.165) is 17.0 Å². The van der Waals surface area contributed by atoms with E-state index in [-0.39, 0.29) is 0 Å². The molecule has 0 aliphatic carbocycles. The lowest BCUT2D eigenvalue weighted by atomic mass is 9.89. The molecule has 2 saturated heterocycles. The highest BCUT2D eigenvalue weighted by Gasteiger charge is 2.54. The minimum Gasteiger partial charge on any atom is -0.497 e. The summed E-state index contributed by atoms with van der Waals surface area (Å²) in [5, 5.41) is 8.44. The number of hydrogen-bond acceptors (Lipinski definition) is 9. The molecule has 3 aliphatic heterocycles. The van der Waals surface area contributed by atoms with Gasteiger partial charge in [0.15, 0.2) is 0 Å². The number of hydrogen-bond donors (Lipinski definition) is 3. The number of methoxy groups -OCH3 is 1. The molecule has 2 fully saturated rings. The van der Waals surface area contributed by atoms with Crippen molar-refractivity contribution in [2.24, 2.45) is 5.73 Å². The molecule has 11 heteroatoms. The lowest BCUT2D eigenvalue weighted by molar-refractivity contribution is -0.145. The lowest BCUT2D eigenvalue weighted by Gasteiger charge is -2.50. The SMILES string of the molecule is COc1cccc(C2=CC3(CCN(C(SC(=O)O)(C(N)=O)N4CCOCC4)CC3)ON2)c1. The van der Waals surface area contributed by atoms with E-state index in [0.29, 0.717) is 64.0 Å². The van der Waals surface area contributed by atoms with Gasteiger partial charge in [-0.3, -0.25) is 24.9 Å². The number of carboxylic acid groups (broad SMARTS) is 1. The Hall–Kier alpha value is -2.31. The number of ether oxygens (including phenoxy) is 2. The first-order valence-corrected chi connectivity index (χ1v) is 11.3. The maximum absolute atomic E-state index is 12.7. The normalized spacial score (nSPS) is 23.2. The van der Waals surface area contributed by atoms with Crippen molar-refractivity contribution in [3.63, 3.8) is 0 Å². The van der Waals surface area contributed by atoms with Gasteiger partial charge >= 0.3 is 5.30 Å². The number of carbonyl (C=O) groups excluding carboxylic acids is 1. The van der Waals surface area contributed by atoms with Crippen LogP contribution in [0.3, 0.4) is 0 Å². The first-order valence-electron chi connectivity index (χ1n) is 10.5. The Balaban J connectivity index is 1.54. The van der Waals surface area contributed by atoms with Crippen molar-refractivity contribution in [3.8, 4) is 5.75 Å². The van der Waals surface area contributed by atoms with Crippen LogP contribution >= 0.6 is 11.8 Å². The van der Waals surface area contributed by atoms with E-state index < -0.39 is 21.8 Å². The number of piperidine rings is 1. The Kier molecular flexibility index (Phi) is 6.63. The molecule has 0 bridgehead atoms. The molecule has 10 nitrogen and oxygen atoms in total. The fraction of sp³-hybridized carbons (Fsp3) is 0.524. The summed E-state index contributed by atoms with van der Waals surface area (Å²) >= 11 is 0.553. The fourth-order valence-electron chi connectivity index (χ4n) is 4.53. The molecule has 3 heterocycles. The number of primary amides is 1. The second-order valence-corrected chi connectivity index (χ2v) is 9.11. The van der Waals surface area contributed by atoms with Crippen molar-refractivity contribution in [1.29, 1.82) is 0 Å². The number of hydroxylamine groups is 1. The first-order chi connectivity index (χ1) is 15.4. The zero-order valence-electron chi connectivity index (χ0n) is 17.9. The quantitative estimate of drug-likeness (QED) is 0.567. The van der Waals surface area contributed by atoms with Crippen LogP contribution in [0.1, 0.15) is 18.4 Å². The van der Waals surface area contributed by atoms with Crippen molar-refractivity contribution in [3.05, 3.63) is 35.9 Å². The topological polar surface area (TPSA) is 127 Å². The Labute approximate surface area is 190 Å². The smallest absolute Gasteiger partial charge is 0.368 e. The van der Waals surface area contributed by atoms with Crippen LogP contribution in [0.15, 0.2) is 30.3 Å². The van der Waals surface area contributed by atoms with Gasteiger partial charge < -0.3 is 20.3 Å². The zero-order valence-corrected chi connectivity index (χ0v) is 18.7. The summed E-state index contributed by atoms with van der Waals surface area (Å²) in [5.74, 6) is 0.0734. The summed E-state index contributed by atoms with van der Waals surface area (Å²) in [6.45, 7) is 2.61. The Bertz CT molecular complexity index is 898. The maximum atomic E-state index is 12.7. The van der Waals surface area contributed by atoms with Gasteiger partial charge in [0, 0.05) is 43.5 Å². The number of morpholine rings is 1. The molecule has 1 aromatic rings. The number of amides is 1. The van der Waals surface area contributed by atoms with E-state index in [1.807, 2.05) is 34.1 Å². The van der Waals surface area contributed by atoms with Gasteiger partial charge in [-0.15, -0.1) is 0 Å². The summed E-state index contributed by atoms with van der Waals surface area (Å²) in [6, 6.07) is 7.69. The van der Waals surface area contributed by atoms with Crippen LogP contribution in [0, 0.1) is 0 Å². The average molecular weight is 465 g/mol. The van der Waals surface area contributed by atoms with Crippen LogP contribution in [0.25, 0.3) is 5.70 Å². The van der Waals surface area contributed by atoms with Crippen LogP contribution in [0.2, 0.25) is 0 Å². The van der Waals surface area contributed by atoms with Crippen LogP contribution in [0.4, 0.5) is 4.79 Å². The van der Waals surface area contributed by atoms with Gasteiger partial charge in [0.25, 0.3) is 5.91 Å². The Morgan fingerprint density at radius 1 is 1.22 bits per heavy atom. The molecular formula is C21H28N4O6S. The number of nitrogens with one attached hydrogen (secondary N) is 1. The summed E-state index contributed by atoms with van der Waals surface area (Å²) in [6.07, 6.45) is 3.21. The van der Waals surface area contributed by atoms with Crippen molar-refractivity contribution in [2.45, 2.75) is 23.4 Å². The van der Waals surface area contributed by atoms with E-state index >= 15 is 0 Å². The monoisotopic (exact) mass is 464 g/mol. The molecule has 1 atom stereocenters. The number of nitrogens with two attached hydrogens (primary N) is 1. The van der Waals surface area contributed by atoms with Gasteiger partial charge in [-0.05, 0) is 31.1 Å². The third-order valence-electron chi connectivity index (χ3n) is 6.18. The van der Waals surface area contributed by atoms with Gasteiger partial charge in [0.05, 0.1) is 26.0 Å². The molecule has 32 heavy (non-hydrogen) atoms. The second kappa shape index (κ2) is 9.28. The van der Waals surface area contributed by atoms with E-state index in [1.54, 1.807) is 7.11 Å². The predicted octanol–water partition coefficient (Wildman–Crippen LogP) is 1.29. The molecule has 0 radical (unpaired) electrons. The van der Waals surface area contributed by atoms with E-state index in [9.17, 15) is 14.7 Å². The molecule has 0 saturated carbocycles. The molecule has 0 aromatic heterocycles. The molecule has 3 aliphatic rings. The molecule has 4 rings (SSSR count). The number of carbonyl (C=O) groups is 2. The molecule has 1 aromatic carbocycles. The molecule has 174 valence electrons. The summed E-state index contributed by atoms with van der Waals surface area (Å²) in [7, 11) is 1.62. The van der Waals surface area contributed by atoms with Crippen molar-refractivity contribution in [2.75, 3.05) is 46.5 Å². The number of benzene rings is 1. The van der Waals surface area contributed by atoms with Crippen LogP contribution in [0.5, 0.6) is 5.75 Å². The molecule has 1 unspecified atom stereocenters. The Morgan fingerprint density at radius 2 is 1.91 bits per heavy atom. The van der Waals surface area contributed by atoms with E-state index in [4.69, 9.17) is 20.0 Å². The number of thioether (sulfide) groups is 1. The third kappa shape index (κ3) is 4.30. The number of rotatable bonds is 6. The molecule has 1 amide bonds. The van der Waals surface area contributed by atoms with Crippen LogP contribution in [-0.2, 0) is 14.4 Å². The van der Waals surface area contributed by atoms with E-state index in [1.165, 1.54) is 0 Å². The second-order valence-electron chi connectivity index (χ2n) is 7.99. The fourth-order valence-corrected chi connectivity index (χ4v) is 5.49. The van der Waals surface area contributed by atoms with Gasteiger partial charge in [0.1, 0.15) is 11.4 Å². The minimum absolute atomic E-state index is 0.423. The summed E-state index contributed by atoms with van der Waals surface area (Å²) in [4.78, 5) is 32.6. The third-order valence-corrected chi connectivity index (χ3v) is 7.36. The highest BCUT2D eigenvalue weighted by molar-refractivity contribution is 8.14. The van der Waals surface area contributed by atoms with Crippen LogP contribution in [-0.4, -0.2) is 83.2 Å². The average Bonchev–Trinajstić information content (AvgIpc) is 3.22. The first kappa shape index (κ1) is 22.9.